The lowest BCUT2D eigenvalue weighted by molar-refractivity contribution is 0.100. The molecule has 0 aromatic carbocycles. The van der Waals surface area contributed by atoms with Crippen molar-refractivity contribution in [2.24, 2.45) is 0 Å². The summed E-state index contributed by atoms with van der Waals surface area (Å²) in [5.74, 6) is 0.186. The number of ketones is 2. The third-order valence-corrected chi connectivity index (χ3v) is 2.29. The molecule has 0 amide bonds. The van der Waals surface area contributed by atoms with Crippen LogP contribution < -0.4 is 4.74 Å². The number of aromatic nitrogens is 1. The monoisotopic (exact) mass is 235 g/mol. The molecule has 1 aromatic heterocycles. The molecule has 1 aromatic rings. The van der Waals surface area contributed by atoms with E-state index in [1.807, 2.05) is 0 Å². The minimum atomic E-state index is -0.173. The quantitative estimate of drug-likeness (QED) is 0.562. The summed E-state index contributed by atoms with van der Waals surface area (Å²) in [5.41, 5.74) is 0.536. The van der Waals surface area contributed by atoms with Crippen LogP contribution in [0.25, 0.3) is 0 Å². The number of carbonyl (C=O) groups is 2. The first-order chi connectivity index (χ1) is 8.04. The van der Waals surface area contributed by atoms with Crippen molar-refractivity contribution in [2.45, 2.75) is 33.6 Å². The molecule has 4 nitrogen and oxygen atoms in total. The van der Waals surface area contributed by atoms with Crippen molar-refractivity contribution in [1.82, 2.24) is 4.98 Å². The van der Waals surface area contributed by atoms with Gasteiger partial charge in [0.25, 0.3) is 0 Å². The zero-order valence-electron chi connectivity index (χ0n) is 10.4. The van der Waals surface area contributed by atoms with E-state index >= 15 is 0 Å². The summed E-state index contributed by atoms with van der Waals surface area (Å²) in [6.45, 7) is 5.48. The molecule has 1 heterocycles. The predicted octanol–water partition coefficient (Wildman–Crippen LogP) is 2.67. The van der Waals surface area contributed by atoms with Crippen molar-refractivity contribution in [2.75, 3.05) is 6.61 Å². The normalized spacial score (nSPS) is 10.1. The first-order valence-corrected chi connectivity index (χ1v) is 5.71. The fourth-order valence-electron chi connectivity index (χ4n) is 1.28. The van der Waals surface area contributed by atoms with Crippen LogP contribution in [-0.2, 0) is 0 Å². The number of rotatable bonds is 6. The van der Waals surface area contributed by atoms with Gasteiger partial charge >= 0.3 is 0 Å². The Labute approximate surface area is 101 Å². The second-order valence-corrected chi connectivity index (χ2v) is 3.89. The van der Waals surface area contributed by atoms with Crippen molar-refractivity contribution < 1.29 is 14.3 Å². The topological polar surface area (TPSA) is 56.3 Å². The Morgan fingerprint density at radius 1 is 1.18 bits per heavy atom. The number of hydrogen-bond acceptors (Lipinski definition) is 4. The van der Waals surface area contributed by atoms with Gasteiger partial charge in [-0.05, 0) is 6.42 Å². The van der Waals surface area contributed by atoms with E-state index in [0.717, 1.165) is 12.8 Å². The van der Waals surface area contributed by atoms with Crippen molar-refractivity contribution in [3.05, 3.63) is 23.5 Å². The molecule has 0 saturated carbocycles. The van der Waals surface area contributed by atoms with E-state index in [1.165, 1.54) is 13.8 Å². The minimum Gasteiger partial charge on any atom is -0.493 e. The van der Waals surface area contributed by atoms with E-state index in [9.17, 15) is 9.59 Å². The van der Waals surface area contributed by atoms with E-state index in [0.29, 0.717) is 12.4 Å². The molecule has 0 bridgehead atoms. The Balaban J connectivity index is 2.95. The number of pyridine rings is 1. The van der Waals surface area contributed by atoms with Gasteiger partial charge < -0.3 is 4.74 Å². The number of carbonyl (C=O) groups excluding carboxylic acids is 2. The van der Waals surface area contributed by atoms with Gasteiger partial charge in [-0.1, -0.05) is 13.3 Å². The fourth-order valence-corrected chi connectivity index (χ4v) is 1.28. The first-order valence-electron chi connectivity index (χ1n) is 5.71. The number of ether oxygens (including phenoxy) is 1. The smallest absolute Gasteiger partial charge is 0.178 e. The zero-order valence-corrected chi connectivity index (χ0v) is 10.4. The van der Waals surface area contributed by atoms with Gasteiger partial charge in [-0.3, -0.25) is 9.59 Å². The Kier molecular flexibility index (Phi) is 4.82. The van der Waals surface area contributed by atoms with Crippen LogP contribution in [0.3, 0.4) is 0 Å². The Bertz CT molecular complexity index is 394. The SMILES string of the molecule is CCCCOc1cc(C(C)=O)nc(C(C)=O)c1. The molecule has 0 aliphatic heterocycles. The molecule has 0 unspecified atom stereocenters. The molecule has 92 valence electrons. The highest BCUT2D eigenvalue weighted by atomic mass is 16.5. The molecule has 0 aliphatic rings. The highest BCUT2D eigenvalue weighted by Gasteiger charge is 2.10. The maximum Gasteiger partial charge on any atom is 0.178 e. The Hall–Kier alpha value is -1.71. The standard InChI is InChI=1S/C13H17NO3/c1-4-5-6-17-11-7-12(9(2)15)14-13(8-11)10(3)16/h7-8H,4-6H2,1-3H3. The van der Waals surface area contributed by atoms with Crippen molar-refractivity contribution in [3.8, 4) is 5.75 Å². The molecule has 17 heavy (non-hydrogen) atoms. The number of Topliss-reactive ketones (excluding diaryl/α,β-unsaturated/α-hetero) is 2. The van der Waals surface area contributed by atoms with Crippen molar-refractivity contribution in [3.63, 3.8) is 0 Å². The third-order valence-electron chi connectivity index (χ3n) is 2.29. The average Bonchev–Trinajstić information content (AvgIpc) is 2.29. The molecule has 1 rings (SSSR count). The summed E-state index contributed by atoms with van der Waals surface area (Å²) in [5, 5.41) is 0. The molecule has 0 aliphatic carbocycles. The van der Waals surface area contributed by atoms with Crippen molar-refractivity contribution in [1.29, 1.82) is 0 Å². The predicted molar refractivity (Wildman–Crippen MR) is 64.6 cm³/mol. The van der Waals surface area contributed by atoms with Crippen LogP contribution >= 0.6 is 0 Å². The number of hydrogen-bond donors (Lipinski definition) is 0. The van der Waals surface area contributed by atoms with E-state index in [2.05, 4.69) is 11.9 Å². The van der Waals surface area contributed by atoms with Gasteiger partial charge in [0.15, 0.2) is 11.6 Å². The van der Waals surface area contributed by atoms with Gasteiger partial charge in [-0.15, -0.1) is 0 Å². The van der Waals surface area contributed by atoms with Gasteiger partial charge in [0, 0.05) is 26.0 Å². The van der Waals surface area contributed by atoms with Crippen LogP contribution in [0, 0.1) is 0 Å². The third kappa shape index (κ3) is 3.98. The summed E-state index contributed by atoms with van der Waals surface area (Å²) in [6, 6.07) is 3.15. The summed E-state index contributed by atoms with van der Waals surface area (Å²) < 4.78 is 5.48. The summed E-state index contributed by atoms with van der Waals surface area (Å²) in [4.78, 5) is 26.5. The fraction of sp³-hybridized carbons (Fsp3) is 0.462. The molecule has 0 radical (unpaired) electrons. The van der Waals surface area contributed by atoms with Crippen LogP contribution in [-0.4, -0.2) is 23.2 Å². The molecule has 0 atom stereocenters. The summed E-state index contributed by atoms with van der Waals surface area (Å²) in [7, 11) is 0. The molecular formula is C13H17NO3. The largest absolute Gasteiger partial charge is 0.493 e. The molecular weight excluding hydrogens is 218 g/mol. The molecule has 4 heteroatoms. The Morgan fingerprint density at radius 3 is 2.12 bits per heavy atom. The van der Waals surface area contributed by atoms with E-state index < -0.39 is 0 Å². The lowest BCUT2D eigenvalue weighted by atomic mass is 10.2. The maximum atomic E-state index is 11.3. The van der Waals surface area contributed by atoms with Crippen LogP contribution in [0.15, 0.2) is 12.1 Å². The average molecular weight is 235 g/mol. The second-order valence-electron chi connectivity index (χ2n) is 3.89. The summed E-state index contributed by atoms with van der Waals surface area (Å²) in [6.07, 6.45) is 1.97. The number of nitrogens with zero attached hydrogens (tertiary/aromatic N) is 1. The van der Waals surface area contributed by atoms with Gasteiger partial charge in [0.2, 0.25) is 0 Å². The molecule has 0 saturated heterocycles. The van der Waals surface area contributed by atoms with Gasteiger partial charge in [0.1, 0.15) is 17.1 Å². The van der Waals surface area contributed by atoms with E-state index in [1.54, 1.807) is 12.1 Å². The highest BCUT2D eigenvalue weighted by Crippen LogP contribution is 2.16. The minimum absolute atomic E-state index is 0.173. The van der Waals surface area contributed by atoms with E-state index in [-0.39, 0.29) is 23.0 Å². The second kappa shape index (κ2) is 6.13. The molecule has 0 N–H and O–H groups in total. The first kappa shape index (κ1) is 13.4. The molecule has 0 spiro atoms. The van der Waals surface area contributed by atoms with Crippen LogP contribution in [0.1, 0.15) is 54.6 Å². The van der Waals surface area contributed by atoms with Crippen molar-refractivity contribution >= 4 is 11.6 Å². The van der Waals surface area contributed by atoms with Crippen LogP contribution in [0.4, 0.5) is 0 Å². The summed E-state index contributed by atoms with van der Waals surface area (Å²) >= 11 is 0. The number of unbranched alkanes of at least 4 members (excludes halogenated alkanes) is 1. The Morgan fingerprint density at radius 2 is 1.71 bits per heavy atom. The molecule has 0 fully saturated rings. The highest BCUT2D eigenvalue weighted by molar-refractivity contribution is 5.96. The van der Waals surface area contributed by atoms with Crippen LogP contribution in [0.5, 0.6) is 5.75 Å². The maximum absolute atomic E-state index is 11.3. The van der Waals surface area contributed by atoms with Gasteiger partial charge in [0.05, 0.1) is 6.61 Å². The van der Waals surface area contributed by atoms with E-state index in [4.69, 9.17) is 4.74 Å². The van der Waals surface area contributed by atoms with Gasteiger partial charge in [-0.2, -0.15) is 0 Å². The van der Waals surface area contributed by atoms with Crippen LogP contribution in [0.2, 0.25) is 0 Å². The van der Waals surface area contributed by atoms with Gasteiger partial charge in [-0.25, -0.2) is 4.98 Å². The lowest BCUT2D eigenvalue weighted by Crippen LogP contribution is -2.06. The zero-order chi connectivity index (χ0) is 12.8. The lowest BCUT2D eigenvalue weighted by Gasteiger charge is -2.07.